The van der Waals surface area contributed by atoms with Crippen LogP contribution in [0.1, 0.15) is 32.4 Å². The monoisotopic (exact) mass is 375 g/mol. The lowest BCUT2D eigenvalue weighted by molar-refractivity contribution is -0.0553. The summed E-state index contributed by atoms with van der Waals surface area (Å²) in [5.41, 5.74) is -1.03. The minimum atomic E-state index is -1.56. The summed E-state index contributed by atoms with van der Waals surface area (Å²) in [7, 11) is 0. The van der Waals surface area contributed by atoms with E-state index < -0.39 is 54.6 Å². The molecule has 2 unspecified atom stereocenters. The van der Waals surface area contributed by atoms with Gasteiger partial charge in [0.05, 0.1) is 19.4 Å². The van der Waals surface area contributed by atoms with Crippen molar-refractivity contribution in [3.63, 3.8) is 0 Å². The summed E-state index contributed by atoms with van der Waals surface area (Å²) in [5.74, 6) is -1.69. The quantitative estimate of drug-likeness (QED) is 0.477. The van der Waals surface area contributed by atoms with Crippen molar-refractivity contribution in [1.29, 1.82) is 0 Å². The maximum Gasteiger partial charge on any atom is 0.412 e. The molecule has 1 aromatic heterocycles. The number of halogens is 1. The van der Waals surface area contributed by atoms with Gasteiger partial charge in [-0.05, 0) is 6.42 Å². The molecule has 26 heavy (non-hydrogen) atoms. The van der Waals surface area contributed by atoms with Crippen LogP contribution < -0.4 is 11.0 Å². The lowest BCUT2D eigenvalue weighted by Crippen LogP contribution is -2.36. The Hall–Kier alpha value is -2.08. The standard InChI is InChI=1S/C15H22FN3O7/c1-2-3-4-5-25-15(24)18-12-8(16)6-19(14(23)17-12)13-11(22)10(21)9(7-20)26-13/h6,9-11,13,20-22H,2-5,7H2,1H3,(H,17,18,23,24)/t9-,10?,11?,13-/m1/s1. The molecule has 1 aromatic rings. The zero-order valence-corrected chi connectivity index (χ0v) is 14.2. The third-order valence-corrected chi connectivity index (χ3v) is 3.90. The van der Waals surface area contributed by atoms with E-state index in [-0.39, 0.29) is 6.61 Å². The molecule has 146 valence electrons. The SMILES string of the molecule is CCCCCOC(=O)Nc1nc(=O)n([C@@H]2O[C@H](CO)C(O)C2O)cc1F. The van der Waals surface area contributed by atoms with E-state index in [1.807, 2.05) is 12.2 Å². The Balaban J connectivity index is 2.09. The van der Waals surface area contributed by atoms with E-state index in [2.05, 4.69) is 4.98 Å². The summed E-state index contributed by atoms with van der Waals surface area (Å²) >= 11 is 0. The smallest absolute Gasteiger partial charge is 0.412 e. The summed E-state index contributed by atoms with van der Waals surface area (Å²) in [6, 6.07) is 0. The first kappa shape index (κ1) is 20.2. The van der Waals surface area contributed by atoms with Gasteiger partial charge < -0.3 is 24.8 Å². The predicted molar refractivity (Wildman–Crippen MR) is 86.0 cm³/mol. The van der Waals surface area contributed by atoms with Crippen LogP contribution in [0.25, 0.3) is 0 Å². The van der Waals surface area contributed by atoms with Crippen molar-refractivity contribution in [2.24, 2.45) is 0 Å². The zero-order valence-electron chi connectivity index (χ0n) is 14.2. The van der Waals surface area contributed by atoms with Crippen LogP contribution in [0, 0.1) is 5.82 Å². The third kappa shape index (κ3) is 4.55. The molecule has 1 saturated heterocycles. The molecule has 2 heterocycles. The van der Waals surface area contributed by atoms with Crippen molar-refractivity contribution in [3.8, 4) is 0 Å². The Bertz CT molecular complexity index is 684. The molecule has 1 aliphatic rings. The number of anilines is 1. The zero-order chi connectivity index (χ0) is 19.3. The van der Waals surface area contributed by atoms with Gasteiger partial charge in [-0.15, -0.1) is 0 Å². The fourth-order valence-electron chi connectivity index (χ4n) is 2.47. The average molecular weight is 375 g/mol. The molecule has 0 saturated carbocycles. The molecule has 1 aliphatic heterocycles. The Morgan fingerprint density at radius 2 is 2.15 bits per heavy atom. The van der Waals surface area contributed by atoms with Crippen LogP contribution in [0.15, 0.2) is 11.0 Å². The molecule has 0 radical (unpaired) electrons. The molecule has 1 fully saturated rings. The molecule has 0 bridgehead atoms. The first-order valence-electron chi connectivity index (χ1n) is 8.24. The number of nitrogens with one attached hydrogen (secondary N) is 1. The van der Waals surface area contributed by atoms with Gasteiger partial charge in [-0.25, -0.2) is 14.0 Å². The summed E-state index contributed by atoms with van der Waals surface area (Å²) in [5, 5.41) is 30.7. The van der Waals surface area contributed by atoms with E-state index in [0.717, 1.165) is 12.8 Å². The van der Waals surface area contributed by atoms with E-state index in [4.69, 9.17) is 14.6 Å². The summed E-state index contributed by atoms with van der Waals surface area (Å²) < 4.78 is 24.8. The van der Waals surface area contributed by atoms with Gasteiger partial charge >= 0.3 is 11.8 Å². The number of aliphatic hydroxyl groups is 3. The van der Waals surface area contributed by atoms with Crippen LogP contribution in [0.3, 0.4) is 0 Å². The number of hydrogen-bond acceptors (Lipinski definition) is 8. The molecule has 10 nitrogen and oxygen atoms in total. The fraction of sp³-hybridized carbons (Fsp3) is 0.667. The molecule has 2 rings (SSSR count). The second kappa shape index (κ2) is 9.03. The highest BCUT2D eigenvalue weighted by Crippen LogP contribution is 2.28. The first-order chi connectivity index (χ1) is 12.4. The number of ether oxygens (including phenoxy) is 2. The molecule has 11 heteroatoms. The Morgan fingerprint density at radius 3 is 2.77 bits per heavy atom. The number of carbonyl (C=O) groups excluding carboxylic acids is 1. The minimum absolute atomic E-state index is 0.154. The van der Waals surface area contributed by atoms with Crippen molar-refractivity contribution in [1.82, 2.24) is 9.55 Å². The van der Waals surface area contributed by atoms with Gasteiger partial charge in [0, 0.05) is 0 Å². The van der Waals surface area contributed by atoms with Gasteiger partial charge in [0.2, 0.25) is 0 Å². The highest BCUT2D eigenvalue weighted by atomic mass is 19.1. The van der Waals surface area contributed by atoms with Crippen molar-refractivity contribution in [2.75, 3.05) is 18.5 Å². The Morgan fingerprint density at radius 1 is 1.42 bits per heavy atom. The van der Waals surface area contributed by atoms with Gasteiger partial charge in [-0.1, -0.05) is 19.8 Å². The number of unbranched alkanes of at least 4 members (excludes halogenated alkanes) is 2. The Labute approximate surface area is 148 Å². The van der Waals surface area contributed by atoms with E-state index in [0.29, 0.717) is 17.2 Å². The van der Waals surface area contributed by atoms with Crippen LogP contribution >= 0.6 is 0 Å². The minimum Gasteiger partial charge on any atom is -0.449 e. The highest BCUT2D eigenvalue weighted by molar-refractivity contribution is 5.83. The van der Waals surface area contributed by atoms with E-state index in [1.165, 1.54) is 0 Å². The van der Waals surface area contributed by atoms with Gasteiger partial charge in [0.25, 0.3) is 0 Å². The topological polar surface area (TPSA) is 143 Å². The van der Waals surface area contributed by atoms with Crippen LogP contribution in [0.5, 0.6) is 0 Å². The molecule has 0 aliphatic carbocycles. The fourth-order valence-corrected chi connectivity index (χ4v) is 2.47. The van der Waals surface area contributed by atoms with Crippen LogP contribution in [0.2, 0.25) is 0 Å². The molecular formula is C15H22FN3O7. The summed E-state index contributed by atoms with van der Waals surface area (Å²) in [6.07, 6.45) is -3.34. The maximum atomic E-state index is 14.1. The van der Waals surface area contributed by atoms with Crippen LogP contribution in [0.4, 0.5) is 15.0 Å². The van der Waals surface area contributed by atoms with Gasteiger partial charge in [0.1, 0.15) is 18.3 Å². The Kier molecular flexibility index (Phi) is 7.03. The molecular weight excluding hydrogens is 353 g/mol. The van der Waals surface area contributed by atoms with Gasteiger partial charge in [-0.3, -0.25) is 9.88 Å². The van der Waals surface area contributed by atoms with Gasteiger partial charge in [0.15, 0.2) is 17.9 Å². The number of hydrogen-bond donors (Lipinski definition) is 4. The van der Waals surface area contributed by atoms with E-state index in [9.17, 15) is 24.2 Å². The number of carbonyl (C=O) groups is 1. The molecule has 4 N–H and O–H groups in total. The van der Waals surface area contributed by atoms with Crippen molar-refractivity contribution < 1.29 is 34.0 Å². The number of aliphatic hydroxyl groups excluding tert-OH is 3. The van der Waals surface area contributed by atoms with E-state index >= 15 is 0 Å². The maximum absolute atomic E-state index is 14.1. The highest BCUT2D eigenvalue weighted by Gasteiger charge is 2.44. The third-order valence-electron chi connectivity index (χ3n) is 3.90. The lowest BCUT2D eigenvalue weighted by Gasteiger charge is -2.17. The summed E-state index contributed by atoms with van der Waals surface area (Å²) in [6.45, 7) is 1.55. The predicted octanol–water partition coefficient (Wildman–Crippen LogP) is -0.267. The lowest BCUT2D eigenvalue weighted by atomic mass is 10.1. The molecule has 4 atom stereocenters. The number of nitrogens with zero attached hydrogens (tertiary/aromatic N) is 2. The second-order valence-electron chi connectivity index (χ2n) is 5.82. The second-order valence-corrected chi connectivity index (χ2v) is 5.82. The first-order valence-corrected chi connectivity index (χ1v) is 8.24. The molecule has 0 spiro atoms. The number of aromatic nitrogens is 2. The largest absolute Gasteiger partial charge is 0.449 e. The van der Waals surface area contributed by atoms with Crippen LogP contribution in [-0.4, -0.2) is 62.5 Å². The van der Waals surface area contributed by atoms with Crippen molar-refractivity contribution in [2.45, 2.75) is 50.7 Å². The van der Waals surface area contributed by atoms with Crippen molar-refractivity contribution >= 4 is 11.9 Å². The number of amides is 1. The van der Waals surface area contributed by atoms with Crippen molar-refractivity contribution in [3.05, 3.63) is 22.5 Å². The molecule has 0 aromatic carbocycles. The summed E-state index contributed by atoms with van der Waals surface area (Å²) in [4.78, 5) is 27.0. The average Bonchev–Trinajstić information content (AvgIpc) is 2.89. The molecule has 1 amide bonds. The normalized spacial score (nSPS) is 25.3. The number of rotatable bonds is 7. The van der Waals surface area contributed by atoms with E-state index in [1.54, 1.807) is 0 Å². The van der Waals surface area contributed by atoms with Gasteiger partial charge in [-0.2, -0.15) is 4.98 Å². The van der Waals surface area contributed by atoms with Crippen LogP contribution in [-0.2, 0) is 9.47 Å².